The van der Waals surface area contributed by atoms with Gasteiger partial charge in [0.2, 0.25) is 0 Å². The average molecular weight is 586 g/mol. The fourth-order valence-corrected chi connectivity index (χ4v) is 6.58. The van der Waals surface area contributed by atoms with Crippen LogP contribution in [0.15, 0.2) is 164 Å². The van der Waals surface area contributed by atoms with Gasteiger partial charge in [0, 0.05) is 22.5 Å². The zero-order chi connectivity index (χ0) is 30.5. The zero-order valence-corrected chi connectivity index (χ0v) is 24.9. The van der Waals surface area contributed by atoms with Crippen molar-refractivity contribution >= 4 is 43.4 Å². The molecule has 0 saturated heterocycles. The smallest absolute Gasteiger partial charge is 0.0972 e. The van der Waals surface area contributed by atoms with Crippen LogP contribution in [0.3, 0.4) is 0 Å². The van der Waals surface area contributed by atoms with Crippen molar-refractivity contribution in [1.82, 2.24) is 15.0 Å². The third-order valence-corrected chi connectivity index (χ3v) is 8.89. The maximum atomic E-state index is 5.33. The highest BCUT2D eigenvalue weighted by Crippen LogP contribution is 2.38. The van der Waals surface area contributed by atoms with Crippen LogP contribution in [0.25, 0.3) is 88.2 Å². The van der Waals surface area contributed by atoms with E-state index >= 15 is 0 Å². The first-order valence-electron chi connectivity index (χ1n) is 15.5. The topological polar surface area (TPSA) is 38.7 Å². The second kappa shape index (κ2) is 10.8. The molecule has 0 unspecified atom stereocenters. The Morgan fingerprint density at radius 2 is 0.935 bits per heavy atom. The predicted molar refractivity (Wildman–Crippen MR) is 192 cm³/mol. The van der Waals surface area contributed by atoms with Gasteiger partial charge in [-0.1, -0.05) is 127 Å². The standard InChI is InChI=1S/C43H27N3/c1-2-9-28(10-3-1)29-16-18-30(19-17-29)34-26-40(38-25-33-11-4-5-13-35(33)36-14-6-7-15-37(36)38)45-41(27-34)39-23-22-32-21-20-31-12-8-24-44-42(31)43(32)46-39/h1-27H. The summed E-state index contributed by atoms with van der Waals surface area (Å²) in [7, 11) is 0. The maximum Gasteiger partial charge on any atom is 0.0972 e. The monoisotopic (exact) mass is 585 g/mol. The molecule has 0 aliphatic heterocycles. The lowest BCUT2D eigenvalue weighted by Crippen LogP contribution is -1.95. The van der Waals surface area contributed by atoms with Gasteiger partial charge in [-0.05, 0) is 74.1 Å². The minimum absolute atomic E-state index is 0.819. The number of pyridine rings is 3. The number of fused-ring (bicyclic) bond motifs is 6. The highest BCUT2D eigenvalue weighted by molar-refractivity contribution is 6.13. The first kappa shape index (κ1) is 26.2. The van der Waals surface area contributed by atoms with Crippen molar-refractivity contribution in [2.24, 2.45) is 0 Å². The summed E-state index contributed by atoms with van der Waals surface area (Å²) in [5.41, 5.74) is 10.1. The van der Waals surface area contributed by atoms with Gasteiger partial charge in [0.15, 0.2) is 0 Å². The summed E-state index contributed by atoms with van der Waals surface area (Å²) in [6.45, 7) is 0. The molecule has 0 aliphatic rings. The van der Waals surface area contributed by atoms with E-state index < -0.39 is 0 Å². The highest BCUT2D eigenvalue weighted by atomic mass is 14.8. The molecule has 0 N–H and O–H groups in total. The second-order valence-electron chi connectivity index (χ2n) is 11.7. The molecule has 0 radical (unpaired) electrons. The molecule has 3 heterocycles. The Hall–Kier alpha value is -6.19. The summed E-state index contributed by atoms with van der Waals surface area (Å²) in [5.74, 6) is 0. The Morgan fingerprint density at radius 1 is 0.326 bits per heavy atom. The van der Waals surface area contributed by atoms with Gasteiger partial charge in [-0.15, -0.1) is 0 Å². The van der Waals surface area contributed by atoms with Crippen LogP contribution in [0.5, 0.6) is 0 Å². The number of benzene rings is 6. The van der Waals surface area contributed by atoms with Crippen LogP contribution in [-0.2, 0) is 0 Å². The second-order valence-corrected chi connectivity index (χ2v) is 11.7. The van der Waals surface area contributed by atoms with Gasteiger partial charge in [0.25, 0.3) is 0 Å². The minimum atomic E-state index is 0.819. The molecule has 0 aliphatic carbocycles. The van der Waals surface area contributed by atoms with Crippen LogP contribution in [-0.4, -0.2) is 15.0 Å². The van der Waals surface area contributed by atoms with Crippen molar-refractivity contribution in [3.8, 4) is 44.9 Å². The van der Waals surface area contributed by atoms with Crippen molar-refractivity contribution in [1.29, 1.82) is 0 Å². The molecule has 0 saturated carbocycles. The van der Waals surface area contributed by atoms with Crippen molar-refractivity contribution < 1.29 is 0 Å². The Labute approximate surface area is 266 Å². The molecule has 0 fully saturated rings. The molecular weight excluding hydrogens is 558 g/mol. The quantitative estimate of drug-likeness (QED) is 0.193. The molecule has 0 amide bonds. The highest BCUT2D eigenvalue weighted by Gasteiger charge is 2.15. The molecule has 3 nitrogen and oxygen atoms in total. The number of hydrogen-bond acceptors (Lipinski definition) is 3. The van der Waals surface area contributed by atoms with Gasteiger partial charge in [-0.2, -0.15) is 0 Å². The molecule has 9 aromatic rings. The Kier molecular flexibility index (Phi) is 6.14. The third-order valence-electron chi connectivity index (χ3n) is 8.89. The zero-order valence-electron chi connectivity index (χ0n) is 24.9. The Morgan fingerprint density at radius 3 is 1.76 bits per heavy atom. The normalized spacial score (nSPS) is 11.5. The Bertz CT molecular complexity index is 2570. The lowest BCUT2D eigenvalue weighted by molar-refractivity contribution is 1.28. The fourth-order valence-electron chi connectivity index (χ4n) is 6.58. The van der Waals surface area contributed by atoms with E-state index in [1.807, 2.05) is 18.3 Å². The van der Waals surface area contributed by atoms with Gasteiger partial charge in [0.05, 0.1) is 28.1 Å². The van der Waals surface area contributed by atoms with E-state index in [1.165, 1.54) is 32.7 Å². The third kappa shape index (κ3) is 4.49. The first-order valence-corrected chi connectivity index (χ1v) is 15.5. The molecule has 214 valence electrons. The number of aromatic nitrogens is 3. The summed E-state index contributed by atoms with van der Waals surface area (Å²) in [6.07, 6.45) is 1.83. The van der Waals surface area contributed by atoms with E-state index in [0.29, 0.717) is 0 Å². The van der Waals surface area contributed by atoms with Crippen LogP contribution in [0.1, 0.15) is 0 Å². The van der Waals surface area contributed by atoms with Crippen LogP contribution in [0.2, 0.25) is 0 Å². The Balaban J connectivity index is 1.28. The van der Waals surface area contributed by atoms with Crippen molar-refractivity contribution in [3.63, 3.8) is 0 Å². The molecule has 46 heavy (non-hydrogen) atoms. The lowest BCUT2D eigenvalue weighted by Gasteiger charge is -2.14. The summed E-state index contributed by atoms with van der Waals surface area (Å²) >= 11 is 0. The SMILES string of the molecule is c1ccc(-c2ccc(-c3cc(-c4ccc5ccc6cccnc6c5n4)nc(-c4cc5ccccc5c5ccccc45)c3)cc2)cc1. The summed E-state index contributed by atoms with van der Waals surface area (Å²) in [4.78, 5) is 15.2. The summed E-state index contributed by atoms with van der Waals surface area (Å²) in [5, 5.41) is 6.96. The van der Waals surface area contributed by atoms with E-state index in [9.17, 15) is 0 Å². The first-order chi connectivity index (χ1) is 22.8. The van der Waals surface area contributed by atoms with Crippen LogP contribution in [0, 0.1) is 0 Å². The van der Waals surface area contributed by atoms with Gasteiger partial charge in [0.1, 0.15) is 0 Å². The predicted octanol–water partition coefficient (Wildman–Crippen LogP) is 11.2. The van der Waals surface area contributed by atoms with Crippen LogP contribution in [0.4, 0.5) is 0 Å². The van der Waals surface area contributed by atoms with Gasteiger partial charge in [-0.25, -0.2) is 9.97 Å². The van der Waals surface area contributed by atoms with Crippen LogP contribution < -0.4 is 0 Å². The summed E-state index contributed by atoms with van der Waals surface area (Å²) < 4.78 is 0. The van der Waals surface area contributed by atoms with E-state index in [1.54, 1.807) is 0 Å². The van der Waals surface area contributed by atoms with Gasteiger partial charge in [-0.3, -0.25) is 4.98 Å². The number of hydrogen-bond donors (Lipinski definition) is 0. The minimum Gasteiger partial charge on any atom is -0.254 e. The van der Waals surface area contributed by atoms with Crippen molar-refractivity contribution in [3.05, 3.63) is 164 Å². The van der Waals surface area contributed by atoms with Crippen molar-refractivity contribution in [2.75, 3.05) is 0 Å². The maximum absolute atomic E-state index is 5.33. The van der Waals surface area contributed by atoms with Crippen LogP contribution >= 0.6 is 0 Å². The molecule has 0 spiro atoms. The largest absolute Gasteiger partial charge is 0.254 e. The summed E-state index contributed by atoms with van der Waals surface area (Å²) in [6, 6.07) is 55.6. The van der Waals surface area contributed by atoms with Gasteiger partial charge < -0.3 is 0 Å². The molecule has 0 atom stereocenters. The molecule has 3 aromatic heterocycles. The lowest BCUT2D eigenvalue weighted by atomic mass is 9.93. The number of rotatable bonds is 4. The van der Waals surface area contributed by atoms with Crippen molar-refractivity contribution in [2.45, 2.75) is 0 Å². The van der Waals surface area contributed by atoms with E-state index in [4.69, 9.17) is 9.97 Å². The molecule has 6 aromatic carbocycles. The van der Waals surface area contributed by atoms with E-state index in [0.717, 1.165) is 55.6 Å². The average Bonchev–Trinajstić information content (AvgIpc) is 3.14. The van der Waals surface area contributed by atoms with E-state index in [2.05, 4.69) is 151 Å². The van der Waals surface area contributed by atoms with Gasteiger partial charge >= 0.3 is 0 Å². The fraction of sp³-hybridized carbons (Fsp3) is 0. The molecule has 9 rings (SSSR count). The molecular formula is C43H27N3. The van der Waals surface area contributed by atoms with E-state index in [-0.39, 0.29) is 0 Å². The molecule has 0 bridgehead atoms. The molecule has 3 heteroatoms. The number of nitrogens with zero attached hydrogens (tertiary/aromatic N) is 3.